The van der Waals surface area contributed by atoms with Crippen molar-refractivity contribution < 1.29 is 9.53 Å². The SMILES string of the molecule is CN(CCOc1ccccc1)C(=O)c1cccc2cccnc12. The second kappa shape index (κ2) is 6.92. The van der Waals surface area contributed by atoms with Gasteiger partial charge in [-0.05, 0) is 24.3 Å². The Morgan fingerprint density at radius 3 is 2.65 bits per heavy atom. The molecule has 0 saturated carbocycles. The van der Waals surface area contributed by atoms with Gasteiger partial charge in [-0.3, -0.25) is 9.78 Å². The normalized spacial score (nSPS) is 10.5. The lowest BCUT2D eigenvalue weighted by atomic mass is 10.1. The van der Waals surface area contributed by atoms with Crippen molar-refractivity contribution in [3.05, 3.63) is 72.4 Å². The van der Waals surface area contributed by atoms with E-state index in [1.807, 2.05) is 60.7 Å². The molecule has 0 atom stereocenters. The van der Waals surface area contributed by atoms with Crippen molar-refractivity contribution in [2.24, 2.45) is 0 Å². The van der Waals surface area contributed by atoms with Gasteiger partial charge in [0.1, 0.15) is 12.4 Å². The number of carbonyl (C=O) groups is 1. The van der Waals surface area contributed by atoms with Crippen molar-refractivity contribution >= 4 is 16.8 Å². The fourth-order valence-corrected chi connectivity index (χ4v) is 2.40. The van der Waals surface area contributed by atoms with Crippen molar-refractivity contribution in [2.45, 2.75) is 0 Å². The lowest BCUT2D eigenvalue weighted by molar-refractivity contribution is 0.0775. The lowest BCUT2D eigenvalue weighted by Crippen LogP contribution is -2.31. The highest BCUT2D eigenvalue weighted by atomic mass is 16.5. The zero-order valence-corrected chi connectivity index (χ0v) is 13.0. The second-order valence-corrected chi connectivity index (χ2v) is 5.27. The molecule has 2 aromatic carbocycles. The molecular weight excluding hydrogens is 288 g/mol. The Kier molecular flexibility index (Phi) is 4.52. The maximum absolute atomic E-state index is 12.6. The molecule has 0 aliphatic carbocycles. The molecule has 3 aromatic rings. The smallest absolute Gasteiger partial charge is 0.255 e. The van der Waals surface area contributed by atoms with Crippen LogP contribution >= 0.6 is 0 Å². The fourth-order valence-electron chi connectivity index (χ4n) is 2.40. The van der Waals surface area contributed by atoms with E-state index in [-0.39, 0.29) is 5.91 Å². The Bertz CT molecular complexity index is 797. The summed E-state index contributed by atoms with van der Waals surface area (Å²) < 4.78 is 5.64. The summed E-state index contributed by atoms with van der Waals surface area (Å²) in [6.45, 7) is 0.960. The number of likely N-dealkylation sites (N-methyl/N-ethyl adjacent to an activating group) is 1. The Morgan fingerprint density at radius 1 is 1.04 bits per heavy atom. The number of hydrogen-bond acceptors (Lipinski definition) is 3. The first kappa shape index (κ1) is 15.0. The molecule has 0 fully saturated rings. The molecule has 0 bridgehead atoms. The van der Waals surface area contributed by atoms with E-state index >= 15 is 0 Å². The number of hydrogen-bond donors (Lipinski definition) is 0. The zero-order valence-electron chi connectivity index (χ0n) is 13.0. The quantitative estimate of drug-likeness (QED) is 0.725. The van der Waals surface area contributed by atoms with E-state index in [4.69, 9.17) is 4.74 Å². The van der Waals surface area contributed by atoms with Crippen LogP contribution in [0.3, 0.4) is 0 Å². The highest BCUT2D eigenvalue weighted by Gasteiger charge is 2.15. The minimum atomic E-state index is -0.0500. The average molecular weight is 306 g/mol. The highest BCUT2D eigenvalue weighted by Crippen LogP contribution is 2.17. The summed E-state index contributed by atoms with van der Waals surface area (Å²) in [6.07, 6.45) is 1.71. The van der Waals surface area contributed by atoms with Gasteiger partial charge in [0.15, 0.2) is 0 Å². The Morgan fingerprint density at radius 2 is 1.83 bits per heavy atom. The Labute approximate surface area is 135 Å². The number of nitrogens with zero attached hydrogens (tertiary/aromatic N) is 2. The van der Waals surface area contributed by atoms with E-state index in [0.29, 0.717) is 18.7 Å². The van der Waals surface area contributed by atoms with Gasteiger partial charge in [-0.1, -0.05) is 36.4 Å². The van der Waals surface area contributed by atoms with Gasteiger partial charge in [0, 0.05) is 18.6 Å². The number of fused-ring (bicyclic) bond motifs is 1. The fraction of sp³-hybridized carbons (Fsp3) is 0.158. The van der Waals surface area contributed by atoms with Gasteiger partial charge in [0.2, 0.25) is 0 Å². The van der Waals surface area contributed by atoms with E-state index in [1.54, 1.807) is 18.1 Å². The molecular formula is C19H18N2O2. The third kappa shape index (κ3) is 3.48. The number of para-hydroxylation sites is 2. The van der Waals surface area contributed by atoms with Crippen molar-refractivity contribution in [2.75, 3.05) is 20.2 Å². The number of ether oxygens (including phenoxy) is 1. The molecule has 0 N–H and O–H groups in total. The topological polar surface area (TPSA) is 42.4 Å². The van der Waals surface area contributed by atoms with Gasteiger partial charge in [-0.25, -0.2) is 0 Å². The summed E-state index contributed by atoms with van der Waals surface area (Å²) in [7, 11) is 1.78. The molecule has 23 heavy (non-hydrogen) atoms. The number of pyridine rings is 1. The monoisotopic (exact) mass is 306 g/mol. The average Bonchev–Trinajstić information content (AvgIpc) is 2.61. The Hall–Kier alpha value is -2.88. The van der Waals surface area contributed by atoms with Crippen LogP contribution in [0.5, 0.6) is 5.75 Å². The molecule has 0 aliphatic rings. The lowest BCUT2D eigenvalue weighted by Gasteiger charge is -2.18. The summed E-state index contributed by atoms with van der Waals surface area (Å²) in [5.74, 6) is 0.756. The molecule has 0 unspecified atom stereocenters. The van der Waals surface area contributed by atoms with E-state index < -0.39 is 0 Å². The first-order chi connectivity index (χ1) is 11.3. The van der Waals surface area contributed by atoms with Crippen LogP contribution in [0.1, 0.15) is 10.4 Å². The van der Waals surface area contributed by atoms with Crippen molar-refractivity contribution in [3.8, 4) is 5.75 Å². The first-order valence-electron chi connectivity index (χ1n) is 7.53. The zero-order chi connectivity index (χ0) is 16.1. The third-order valence-corrected chi connectivity index (χ3v) is 3.65. The van der Waals surface area contributed by atoms with Crippen LogP contribution in [0, 0.1) is 0 Å². The molecule has 0 radical (unpaired) electrons. The highest BCUT2D eigenvalue weighted by molar-refractivity contribution is 6.05. The van der Waals surface area contributed by atoms with Crippen molar-refractivity contribution in [1.82, 2.24) is 9.88 Å². The molecule has 0 saturated heterocycles. The third-order valence-electron chi connectivity index (χ3n) is 3.65. The molecule has 0 spiro atoms. The standard InChI is InChI=1S/C19H18N2O2/c1-21(13-14-23-16-9-3-2-4-10-16)19(22)17-11-5-7-15-8-6-12-20-18(15)17/h2-12H,13-14H2,1H3. The minimum Gasteiger partial charge on any atom is -0.492 e. The maximum atomic E-state index is 12.6. The molecule has 0 aliphatic heterocycles. The summed E-state index contributed by atoms with van der Waals surface area (Å²) in [4.78, 5) is 18.6. The molecule has 4 nitrogen and oxygen atoms in total. The van der Waals surface area contributed by atoms with Gasteiger partial charge in [-0.15, -0.1) is 0 Å². The van der Waals surface area contributed by atoms with Gasteiger partial charge in [0.25, 0.3) is 5.91 Å². The van der Waals surface area contributed by atoms with Gasteiger partial charge in [-0.2, -0.15) is 0 Å². The number of benzene rings is 2. The molecule has 1 heterocycles. The Balaban J connectivity index is 1.67. The number of rotatable bonds is 5. The summed E-state index contributed by atoms with van der Waals surface area (Å²) in [5.41, 5.74) is 1.35. The predicted octanol–water partition coefficient (Wildman–Crippen LogP) is 3.39. The van der Waals surface area contributed by atoms with Crippen molar-refractivity contribution in [1.29, 1.82) is 0 Å². The molecule has 1 aromatic heterocycles. The summed E-state index contributed by atoms with van der Waals surface area (Å²) in [6, 6.07) is 19.1. The van der Waals surface area contributed by atoms with Crippen LogP contribution in [0.2, 0.25) is 0 Å². The predicted molar refractivity (Wildman–Crippen MR) is 90.6 cm³/mol. The van der Waals surface area contributed by atoms with Crippen LogP contribution in [0.15, 0.2) is 66.9 Å². The molecule has 3 rings (SSSR count). The van der Waals surface area contributed by atoms with E-state index in [1.165, 1.54) is 0 Å². The summed E-state index contributed by atoms with van der Waals surface area (Å²) >= 11 is 0. The van der Waals surface area contributed by atoms with Gasteiger partial charge >= 0.3 is 0 Å². The second-order valence-electron chi connectivity index (χ2n) is 5.27. The van der Waals surface area contributed by atoms with Crippen LogP contribution in [0.4, 0.5) is 0 Å². The summed E-state index contributed by atoms with van der Waals surface area (Å²) in [5, 5.41) is 0.965. The molecule has 4 heteroatoms. The largest absolute Gasteiger partial charge is 0.492 e. The first-order valence-corrected chi connectivity index (χ1v) is 7.53. The molecule has 1 amide bonds. The van der Waals surface area contributed by atoms with Crippen LogP contribution in [0.25, 0.3) is 10.9 Å². The van der Waals surface area contributed by atoms with E-state index in [2.05, 4.69) is 4.98 Å². The van der Waals surface area contributed by atoms with Crippen LogP contribution in [-0.2, 0) is 0 Å². The maximum Gasteiger partial charge on any atom is 0.255 e. The van der Waals surface area contributed by atoms with E-state index in [9.17, 15) is 4.79 Å². The minimum absolute atomic E-state index is 0.0500. The number of carbonyl (C=O) groups excluding carboxylic acids is 1. The van der Waals surface area contributed by atoms with Gasteiger partial charge < -0.3 is 9.64 Å². The number of aromatic nitrogens is 1. The van der Waals surface area contributed by atoms with Crippen molar-refractivity contribution in [3.63, 3.8) is 0 Å². The van der Waals surface area contributed by atoms with E-state index in [0.717, 1.165) is 16.7 Å². The molecule has 116 valence electrons. The number of amides is 1. The van der Waals surface area contributed by atoms with Gasteiger partial charge in [0.05, 0.1) is 17.6 Å². The van der Waals surface area contributed by atoms with Crippen LogP contribution in [-0.4, -0.2) is 36.0 Å². The van der Waals surface area contributed by atoms with Crippen LogP contribution < -0.4 is 4.74 Å².